The molecule has 1 aromatic carbocycles. The highest BCUT2D eigenvalue weighted by Crippen LogP contribution is 2.44. The molecule has 4 heteroatoms. The van der Waals surface area contributed by atoms with Gasteiger partial charge in [0, 0.05) is 13.0 Å². The lowest BCUT2D eigenvalue weighted by atomic mass is 9.87. The van der Waals surface area contributed by atoms with Gasteiger partial charge in [0.15, 0.2) is 0 Å². The molecule has 3 atom stereocenters. The highest BCUT2D eigenvalue weighted by Gasteiger charge is 2.52. The minimum absolute atomic E-state index is 0.0108. The van der Waals surface area contributed by atoms with Crippen molar-refractivity contribution in [3.8, 4) is 0 Å². The molecule has 0 radical (unpaired) electrons. The molecule has 0 saturated carbocycles. The number of nitrogens with zero attached hydrogens (tertiary/aromatic N) is 2. The van der Waals surface area contributed by atoms with Crippen LogP contribution in [0.15, 0.2) is 30.3 Å². The molecule has 3 rings (SSSR count). The van der Waals surface area contributed by atoms with Gasteiger partial charge in [-0.3, -0.25) is 9.80 Å². The van der Waals surface area contributed by atoms with E-state index in [0.29, 0.717) is 6.42 Å². The number of aldehydes is 1. The normalized spacial score (nSPS) is 29.8. The molecule has 2 aliphatic rings. The van der Waals surface area contributed by atoms with Crippen molar-refractivity contribution in [3.63, 3.8) is 0 Å². The predicted molar refractivity (Wildman–Crippen MR) is 75.6 cm³/mol. The van der Waals surface area contributed by atoms with Gasteiger partial charge in [-0.1, -0.05) is 43.7 Å². The molecule has 2 saturated heterocycles. The van der Waals surface area contributed by atoms with Gasteiger partial charge in [-0.25, -0.2) is 5.01 Å². The maximum Gasteiger partial charge on any atom is 0.238 e. The topological polar surface area (TPSA) is 40.6 Å². The summed E-state index contributed by atoms with van der Waals surface area (Å²) in [5, 5.41) is 3.97. The summed E-state index contributed by atoms with van der Waals surface area (Å²) in [4.78, 5) is 23.8. The van der Waals surface area contributed by atoms with Gasteiger partial charge in [0.2, 0.25) is 5.91 Å². The molecule has 2 aliphatic heterocycles. The first-order valence-corrected chi connectivity index (χ1v) is 7.36. The van der Waals surface area contributed by atoms with Crippen LogP contribution >= 0.6 is 0 Å². The Balaban J connectivity index is 2.00. The molecule has 0 bridgehead atoms. The summed E-state index contributed by atoms with van der Waals surface area (Å²) in [6, 6.07) is 10.1. The zero-order chi connectivity index (χ0) is 14.1. The summed E-state index contributed by atoms with van der Waals surface area (Å²) in [5.74, 6) is 0.0373. The molecule has 20 heavy (non-hydrogen) atoms. The Kier molecular flexibility index (Phi) is 3.57. The lowest BCUT2D eigenvalue weighted by Crippen LogP contribution is -2.39. The van der Waals surface area contributed by atoms with Crippen LogP contribution in [-0.2, 0) is 9.59 Å². The minimum Gasteiger partial charge on any atom is -0.303 e. The summed E-state index contributed by atoms with van der Waals surface area (Å²) in [5.41, 5.74) is 1.13. The molecule has 0 aliphatic carbocycles. The second kappa shape index (κ2) is 5.37. The quantitative estimate of drug-likeness (QED) is 0.789. The third-order valence-corrected chi connectivity index (χ3v) is 4.41. The number of hydrogen-bond donors (Lipinski definition) is 0. The van der Waals surface area contributed by atoms with E-state index in [4.69, 9.17) is 0 Å². The molecule has 0 spiro atoms. The Morgan fingerprint density at radius 3 is 2.70 bits per heavy atom. The molecular weight excluding hydrogens is 252 g/mol. The summed E-state index contributed by atoms with van der Waals surface area (Å²) in [6.45, 7) is 2.82. The molecule has 0 aromatic heterocycles. The maximum absolute atomic E-state index is 12.1. The monoisotopic (exact) mass is 272 g/mol. The van der Waals surface area contributed by atoms with Crippen molar-refractivity contribution in [2.24, 2.45) is 5.92 Å². The Morgan fingerprint density at radius 2 is 2.05 bits per heavy atom. The SMILES string of the molecule is CCC[C@@H]1[C@@H](C=O)[C@H](c2ccccc2)N2CCC(=O)N12. The zero-order valence-electron chi connectivity index (χ0n) is 11.7. The van der Waals surface area contributed by atoms with Crippen LogP contribution in [0.25, 0.3) is 0 Å². The Hall–Kier alpha value is -1.68. The molecule has 4 nitrogen and oxygen atoms in total. The van der Waals surface area contributed by atoms with Crippen molar-refractivity contribution in [2.75, 3.05) is 6.54 Å². The van der Waals surface area contributed by atoms with E-state index in [1.807, 2.05) is 23.2 Å². The zero-order valence-corrected chi connectivity index (χ0v) is 11.7. The molecule has 1 aromatic rings. The van der Waals surface area contributed by atoms with Crippen LogP contribution in [0.1, 0.15) is 37.8 Å². The van der Waals surface area contributed by atoms with Crippen LogP contribution in [0.5, 0.6) is 0 Å². The van der Waals surface area contributed by atoms with E-state index in [9.17, 15) is 9.59 Å². The van der Waals surface area contributed by atoms with Gasteiger partial charge in [0.05, 0.1) is 18.0 Å². The fourth-order valence-corrected chi connectivity index (χ4v) is 3.62. The highest BCUT2D eigenvalue weighted by molar-refractivity contribution is 5.79. The summed E-state index contributed by atoms with van der Waals surface area (Å²) < 4.78 is 0. The van der Waals surface area contributed by atoms with Crippen LogP contribution in [0, 0.1) is 5.92 Å². The van der Waals surface area contributed by atoms with E-state index >= 15 is 0 Å². The minimum atomic E-state index is -0.124. The first kappa shape index (κ1) is 13.3. The molecule has 0 unspecified atom stereocenters. The second-order valence-corrected chi connectivity index (χ2v) is 5.58. The van der Waals surface area contributed by atoms with Crippen molar-refractivity contribution in [2.45, 2.75) is 38.3 Å². The van der Waals surface area contributed by atoms with Crippen LogP contribution in [0.3, 0.4) is 0 Å². The third-order valence-electron chi connectivity index (χ3n) is 4.41. The standard InChI is InChI=1S/C16H20N2O2/c1-2-6-14-13(11-19)16(12-7-4-3-5-8-12)17-10-9-15(20)18(14)17/h3-5,7-8,11,13-14,16H,2,6,9-10H2,1H3/t13-,14-,16+/m1/s1. The van der Waals surface area contributed by atoms with Crippen molar-refractivity contribution in [1.29, 1.82) is 0 Å². The molecule has 1 amide bonds. The number of hydrazine groups is 1. The number of benzene rings is 1. The third kappa shape index (κ3) is 1.95. The molecule has 2 heterocycles. The van der Waals surface area contributed by atoms with Gasteiger partial charge in [0.25, 0.3) is 0 Å². The first-order chi connectivity index (χ1) is 9.77. The Labute approximate surface area is 119 Å². The molecule has 0 N–H and O–H groups in total. The van der Waals surface area contributed by atoms with Crippen molar-refractivity contribution < 1.29 is 9.59 Å². The van der Waals surface area contributed by atoms with E-state index < -0.39 is 0 Å². The van der Waals surface area contributed by atoms with Gasteiger partial charge in [0.1, 0.15) is 6.29 Å². The van der Waals surface area contributed by atoms with E-state index in [0.717, 1.165) is 31.2 Å². The van der Waals surface area contributed by atoms with Gasteiger partial charge in [-0.2, -0.15) is 0 Å². The summed E-state index contributed by atoms with van der Waals surface area (Å²) >= 11 is 0. The van der Waals surface area contributed by atoms with Gasteiger partial charge in [-0.05, 0) is 12.0 Å². The summed E-state index contributed by atoms with van der Waals surface area (Å²) in [7, 11) is 0. The number of fused-ring (bicyclic) bond motifs is 1. The van der Waals surface area contributed by atoms with E-state index in [1.54, 1.807) is 0 Å². The van der Waals surface area contributed by atoms with Gasteiger partial charge >= 0.3 is 0 Å². The smallest absolute Gasteiger partial charge is 0.238 e. The molecular formula is C16H20N2O2. The fraction of sp³-hybridized carbons (Fsp3) is 0.500. The molecule has 106 valence electrons. The molecule has 2 fully saturated rings. The highest BCUT2D eigenvalue weighted by atomic mass is 16.2. The lowest BCUT2D eigenvalue weighted by Gasteiger charge is -2.27. The Bertz CT molecular complexity index is 502. The number of rotatable bonds is 4. The van der Waals surface area contributed by atoms with E-state index in [2.05, 4.69) is 24.1 Å². The fourth-order valence-electron chi connectivity index (χ4n) is 3.62. The maximum atomic E-state index is 12.1. The van der Waals surface area contributed by atoms with Gasteiger partial charge < -0.3 is 4.79 Å². The van der Waals surface area contributed by atoms with E-state index in [1.165, 1.54) is 0 Å². The number of hydrogen-bond acceptors (Lipinski definition) is 3. The summed E-state index contributed by atoms with van der Waals surface area (Å²) in [6.07, 6.45) is 3.47. The number of carbonyl (C=O) groups is 2. The number of carbonyl (C=O) groups excluding carboxylic acids is 2. The van der Waals surface area contributed by atoms with Gasteiger partial charge in [-0.15, -0.1) is 0 Å². The van der Waals surface area contributed by atoms with E-state index in [-0.39, 0.29) is 23.9 Å². The lowest BCUT2D eigenvalue weighted by molar-refractivity contribution is -0.138. The van der Waals surface area contributed by atoms with Crippen LogP contribution in [0.4, 0.5) is 0 Å². The largest absolute Gasteiger partial charge is 0.303 e. The first-order valence-electron chi connectivity index (χ1n) is 7.36. The average Bonchev–Trinajstić information content (AvgIpc) is 2.99. The van der Waals surface area contributed by atoms with Crippen molar-refractivity contribution in [1.82, 2.24) is 10.0 Å². The second-order valence-electron chi connectivity index (χ2n) is 5.58. The van der Waals surface area contributed by atoms with Crippen LogP contribution < -0.4 is 0 Å². The van der Waals surface area contributed by atoms with Crippen LogP contribution in [0.2, 0.25) is 0 Å². The van der Waals surface area contributed by atoms with Crippen molar-refractivity contribution in [3.05, 3.63) is 35.9 Å². The van der Waals surface area contributed by atoms with Crippen molar-refractivity contribution >= 4 is 12.2 Å². The van der Waals surface area contributed by atoms with Crippen LogP contribution in [-0.4, -0.2) is 34.8 Å². The number of amides is 1. The Morgan fingerprint density at radius 1 is 1.30 bits per heavy atom. The predicted octanol–water partition coefficient (Wildman–Crippen LogP) is 2.17. The average molecular weight is 272 g/mol.